The summed E-state index contributed by atoms with van der Waals surface area (Å²) in [7, 11) is 0. The van der Waals surface area contributed by atoms with Crippen molar-refractivity contribution in [1.82, 2.24) is 5.32 Å². The van der Waals surface area contributed by atoms with Gasteiger partial charge in [0.2, 0.25) is 5.91 Å². The lowest BCUT2D eigenvalue weighted by atomic mass is 10.1. The van der Waals surface area contributed by atoms with Crippen molar-refractivity contribution in [3.8, 4) is 17.2 Å². The first kappa shape index (κ1) is 16.8. The molecular formula is C20H18ClNO4. The summed E-state index contributed by atoms with van der Waals surface area (Å²) in [5, 5.41) is 3.34. The van der Waals surface area contributed by atoms with Crippen molar-refractivity contribution < 1.29 is 19.0 Å². The highest BCUT2D eigenvalue weighted by Gasteiger charge is 2.22. The molecule has 1 amide bonds. The van der Waals surface area contributed by atoms with Gasteiger partial charge < -0.3 is 19.5 Å². The van der Waals surface area contributed by atoms with Gasteiger partial charge in [0.1, 0.15) is 25.1 Å². The minimum atomic E-state index is -0.185. The van der Waals surface area contributed by atoms with Gasteiger partial charge in [-0.3, -0.25) is 4.79 Å². The van der Waals surface area contributed by atoms with E-state index in [1.807, 2.05) is 24.3 Å². The fraction of sp³-hybridized carbons (Fsp3) is 0.250. The Kier molecular flexibility index (Phi) is 4.71. The first-order chi connectivity index (χ1) is 12.7. The zero-order valence-electron chi connectivity index (χ0n) is 14.0. The van der Waals surface area contributed by atoms with Crippen LogP contribution in [0.3, 0.4) is 0 Å². The number of halogens is 1. The summed E-state index contributed by atoms with van der Waals surface area (Å²) in [5.74, 6) is 1.86. The average Bonchev–Trinajstić information content (AvgIpc) is 3.08. The smallest absolute Gasteiger partial charge is 0.244 e. The summed E-state index contributed by atoms with van der Waals surface area (Å²) in [6.07, 6.45) is 3.94. The quantitative estimate of drug-likeness (QED) is 0.838. The van der Waals surface area contributed by atoms with Gasteiger partial charge in [-0.15, -0.1) is 0 Å². The molecule has 0 fully saturated rings. The average molecular weight is 372 g/mol. The summed E-state index contributed by atoms with van der Waals surface area (Å²) >= 11 is 6.20. The van der Waals surface area contributed by atoms with E-state index in [9.17, 15) is 4.79 Å². The van der Waals surface area contributed by atoms with Crippen molar-refractivity contribution in [3.05, 3.63) is 58.6 Å². The summed E-state index contributed by atoms with van der Waals surface area (Å²) < 4.78 is 16.8. The van der Waals surface area contributed by atoms with Gasteiger partial charge in [-0.25, -0.2) is 0 Å². The van der Waals surface area contributed by atoms with Crippen LogP contribution in [0.4, 0.5) is 0 Å². The lowest BCUT2D eigenvalue weighted by Gasteiger charge is -2.19. The maximum absolute atomic E-state index is 12.1. The fourth-order valence-electron chi connectivity index (χ4n) is 3.04. The first-order valence-corrected chi connectivity index (χ1v) is 8.86. The van der Waals surface area contributed by atoms with Gasteiger partial charge in [0.15, 0.2) is 11.5 Å². The highest BCUT2D eigenvalue weighted by atomic mass is 35.5. The van der Waals surface area contributed by atoms with E-state index in [0.717, 1.165) is 17.7 Å². The maximum Gasteiger partial charge on any atom is 0.244 e. The molecule has 0 saturated heterocycles. The van der Waals surface area contributed by atoms with Crippen LogP contribution in [0.1, 0.15) is 11.1 Å². The third-order valence-corrected chi connectivity index (χ3v) is 4.54. The molecule has 2 aromatic carbocycles. The van der Waals surface area contributed by atoms with E-state index in [1.165, 1.54) is 11.6 Å². The van der Waals surface area contributed by atoms with Crippen molar-refractivity contribution in [3.63, 3.8) is 0 Å². The molecule has 0 radical (unpaired) electrons. The SMILES string of the molecule is O=C(C=Cc1cc(Cl)c2c(c1)OCCO2)NCC1Cc2ccccc2O1. The molecule has 1 atom stereocenters. The van der Waals surface area contributed by atoms with Crippen molar-refractivity contribution in [2.45, 2.75) is 12.5 Å². The Morgan fingerprint density at radius 2 is 2.04 bits per heavy atom. The van der Waals surface area contributed by atoms with Crippen LogP contribution in [-0.2, 0) is 11.2 Å². The van der Waals surface area contributed by atoms with Crippen molar-refractivity contribution in [1.29, 1.82) is 0 Å². The Bertz CT molecular complexity index is 840. The van der Waals surface area contributed by atoms with Crippen molar-refractivity contribution in [2.24, 2.45) is 0 Å². The monoisotopic (exact) mass is 371 g/mol. The standard InChI is InChI=1S/C20H18ClNO4/c21-16-9-13(10-18-20(16)25-8-7-24-18)5-6-19(23)22-12-15-11-14-3-1-2-4-17(14)26-15/h1-6,9-10,15H,7-8,11-12H2,(H,22,23). The number of rotatable bonds is 4. The van der Waals surface area contributed by atoms with Gasteiger partial charge in [0, 0.05) is 12.5 Å². The molecule has 0 aliphatic carbocycles. The zero-order chi connectivity index (χ0) is 17.9. The Hall–Kier alpha value is -2.66. The van der Waals surface area contributed by atoms with Crippen LogP contribution in [0.5, 0.6) is 17.2 Å². The molecule has 26 heavy (non-hydrogen) atoms. The second-order valence-corrected chi connectivity index (χ2v) is 6.56. The van der Waals surface area contributed by atoms with Crippen LogP contribution in [-0.4, -0.2) is 31.8 Å². The van der Waals surface area contributed by atoms with Crippen LogP contribution in [0.2, 0.25) is 5.02 Å². The number of carbonyl (C=O) groups excluding carboxylic acids is 1. The lowest BCUT2D eigenvalue weighted by Crippen LogP contribution is -2.33. The Labute approximate surface area is 156 Å². The highest BCUT2D eigenvalue weighted by Crippen LogP contribution is 2.38. The molecule has 5 nitrogen and oxygen atoms in total. The van der Waals surface area contributed by atoms with E-state index in [2.05, 4.69) is 5.32 Å². The lowest BCUT2D eigenvalue weighted by molar-refractivity contribution is -0.116. The second-order valence-electron chi connectivity index (χ2n) is 6.16. The van der Waals surface area contributed by atoms with E-state index in [0.29, 0.717) is 36.3 Å². The molecule has 0 spiro atoms. The fourth-order valence-corrected chi connectivity index (χ4v) is 3.31. The maximum atomic E-state index is 12.1. The molecule has 134 valence electrons. The number of nitrogens with one attached hydrogen (secondary N) is 1. The number of hydrogen-bond donors (Lipinski definition) is 1. The van der Waals surface area contributed by atoms with Gasteiger partial charge in [-0.2, -0.15) is 0 Å². The van der Waals surface area contributed by atoms with E-state index in [4.69, 9.17) is 25.8 Å². The number of benzene rings is 2. The molecule has 6 heteroatoms. The molecule has 0 bridgehead atoms. The first-order valence-electron chi connectivity index (χ1n) is 8.48. The number of ether oxygens (including phenoxy) is 3. The molecule has 2 aliphatic heterocycles. The van der Waals surface area contributed by atoms with Gasteiger partial charge in [0.25, 0.3) is 0 Å². The van der Waals surface area contributed by atoms with Gasteiger partial charge in [-0.1, -0.05) is 29.8 Å². The Morgan fingerprint density at radius 1 is 1.19 bits per heavy atom. The summed E-state index contributed by atoms with van der Waals surface area (Å²) in [4.78, 5) is 12.1. The predicted molar refractivity (Wildman–Crippen MR) is 99.0 cm³/mol. The van der Waals surface area contributed by atoms with Crippen LogP contribution in [0.25, 0.3) is 6.08 Å². The van der Waals surface area contributed by atoms with E-state index >= 15 is 0 Å². The molecule has 2 aliphatic rings. The van der Waals surface area contributed by atoms with Crippen LogP contribution >= 0.6 is 11.6 Å². The van der Waals surface area contributed by atoms with E-state index in [1.54, 1.807) is 18.2 Å². The Morgan fingerprint density at radius 3 is 2.92 bits per heavy atom. The van der Waals surface area contributed by atoms with Crippen LogP contribution < -0.4 is 19.5 Å². The zero-order valence-corrected chi connectivity index (χ0v) is 14.8. The molecule has 1 unspecified atom stereocenters. The number of para-hydroxylation sites is 1. The van der Waals surface area contributed by atoms with Crippen molar-refractivity contribution in [2.75, 3.05) is 19.8 Å². The number of carbonyl (C=O) groups is 1. The third kappa shape index (κ3) is 3.63. The van der Waals surface area contributed by atoms with Crippen LogP contribution in [0, 0.1) is 0 Å². The number of hydrogen-bond acceptors (Lipinski definition) is 4. The topological polar surface area (TPSA) is 56.8 Å². The normalized spacial score (nSPS) is 17.7. The molecule has 1 N–H and O–H groups in total. The number of fused-ring (bicyclic) bond motifs is 2. The minimum Gasteiger partial charge on any atom is -0.488 e. The van der Waals surface area contributed by atoms with Crippen LogP contribution in [0.15, 0.2) is 42.5 Å². The van der Waals surface area contributed by atoms with Crippen molar-refractivity contribution >= 4 is 23.6 Å². The van der Waals surface area contributed by atoms with Gasteiger partial charge in [0.05, 0.1) is 11.6 Å². The highest BCUT2D eigenvalue weighted by molar-refractivity contribution is 6.32. The molecule has 2 aromatic rings. The van der Waals surface area contributed by atoms with E-state index in [-0.39, 0.29) is 12.0 Å². The Balaban J connectivity index is 1.33. The molecule has 4 rings (SSSR count). The number of amides is 1. The molecular weight excluding hydrogens is 354 g/mol. The minimum absolute atomic E-state index is 0.0338. The predicted octanol–water partition coefficient (Wildman–Crippen LogP) is 3.24. The molecule has 0 saturated carbocycles. The third-order valence-electron chi connectivity index (χ3n) is 4.26. The summed E-state index contributed by atoms with van der Waals surface area (Å²) in [6.45, 7) is 1.43. The molecule has 2 heterocycles. The second kappa shape index (κ2) is 7.30. The van der Waals surface area contributed by atoms with Gasteiger partial charge in [-0.05, 0) is 35.4 Å². The molecule has 0 aromatic heterocycles. The van der Waals surface area contributed by atoms with E-state index < -0.39 is 0 Å². The summed E-state index contributed by atoms with van der Waals surface area (Å²) in [5.41, 5.74) is 1.95. The summed E-state index contributed by atoms with van der Waals surface area (Å²) in [6, 6.07) is 11.5. The van der Waals surface area contributed by atoms with Gasteiger partial charge >= 0.3 is 0 Å². The largest absolute Gasteiger partial charge is 0.488 e.